The van der Waals surface area contributed by atoms with E-state index in [1.54, 1.807) is 7.05 Å². The van der Waals surface area contributed by atoms with Crippen LogP contribution in [0.15, 0.2) is 4.99 Å². The van der Waals surface area contributed by atoms with Gasteiger partial charge < -0.3 is 5.32 Å². The Balaban J connectivity index is 3.60. The molecular weight excluding hydrogens is 194 g/mol. The lowest BCUT2D eigenvalue weighted by Crippen LogP contribution is -2.29. The first-order valence-corrected chi connectivity index (χ1v) is 4.14. The van der Waals surface area contributed by atoms with Crippen molar-refractivity contribution in [2.45, 2.75) is 10.9 Å². The number of aliphatic imine (C=N–C) groups is 1. The number of hydrogen-bond acceptors (Lipinski definition) is 2. The predicted octanol–water partition coefficient (Wildman–Crippen LogP) is 1.65. The Labute approximate surface area is 75.6 Å². The second kappa shape index (κ2) is 6.23. The molecule has 2 nitrogen and oxygen atoms in total. The maximum atomic E-state index is 5.71. The molecule has 0 aromatic rings. The van der Waals surface area contributed by atoms with E-state index in [2.05, 4.69) is 10.3 Å². The summed E-state index contributed by atoms with van der Waals surface area (Å²) in [6.07, 6.45) is 1.52. The van der Waals surface area contributed by atoms with E-state index in [1.807, 2.05) is 0 Å². The van der Waals surface area contributed by atoms with Gasteiger partial charge in [-0.1, -0.05) is 0 Å². The molecule has 0 heterocycles. The summed E-state index contributed by atoms with van der Waals surface area (Å²) >= 11 is 16.7. The summed E-state index contributed by atoms with van der Waals surface area (Å²) in [7, 11) is 1.72. The molecule has 2 unspecified atom stereocenters. The molecular formula is C5H9Cl3N2. The molecule has 0 aliphatic carbocycles. The van der Waals surface area contributed by atoms with Gasteiger partial charge in [-0.25, -0.2) is 0 Å². The molecule has 10 heavy (non-hydrogen) atoms. The summed E-state index contributed by atoms with van der Waals surface area (Å²) in [5.74, 6) is 0. The fourth-order valence-corrected chi connectivity index (χ4v) is 0.726. The summed E-state index contributed by atoms with van der Waals surface area (Å²) in [5, 5.41) is 2.46. The van der Waals surface area contributed by atoms with Gasteiger partial charge in [-0.05, 0) is 7.05 Å². The number of alkyl halides is 3. The Morgan fingerprint density at radius 2 is 2.20 bits per heavy atom. The fraction of sp³-hybridized carbons (Fsp3) is 0.800. The molecule has 0 aliphatic heterocycles. The number of hydrogen-bond donors (Lipinski definition) is 1. The molecule has 0 saturated heterocycles. The third-order valence-corrected chi connectivity index (χ3v) is 1.99. The van der Waals surface area contributed by atoms with E-state index in [-0.39, 0.29) is 16.9 Å². The van der Waals surface area contributed by atoms with E-state index in [0.717, 1.165) is 0 Å². The fourth-order valence-electron chi connectivity index (χ4n) is 0.375. The molecule has 0 rings (SSSR count). The molecule has 0 aromatic carbocycles. The normalized spacial score (nSPS) is 17.6. The smallest absolute Gasteiger partial charge is 0.113 e. The molecule has 0 amide bonds. The van der Waals surface area contributed by atoms with Gasteiger partial charge in [-0.2, -0.15) is 0 Å². The lowest BCUT2D eigenvalue weighted by Gasteiger charge is -2.09. The molecule has 2 atom stereocenters. The largest absolute Gasteiger partial charge is 0.303 e. The van der Waals surface area contributed by atoms with Crippen molar-refractivity contribution in [1.29, 1.82) is 0 Å². The molecule has 0 fully saturated rings. The van der Waals surface area contributed by atoms with Gasteiger partial charge in [-0.3, -0.25) is 4.99 Å². The van der Waals surface area contributed by atoms with Gasteiger partial charge in [0.2, 0.25) is 0 Å². The van der Waals surface area contributed by atoms with Crippen LogP contribution < -0.4 is 5.32 Å². The van der Waals surface area contributed by atoms with E-state index in [4.69, 9.17) is 34.8 Å². The van der Waals surface area contributed by atoms with E-state index in [0.29, 0.717) is 0 Å². The van der Waals surface area contributed by atoms with Crippen LogP contribution in [0.1, 0.15) is 0 Å². The minimum Gasteiger partial charge on any atom is -0.303 e. The van der Waals surface area contributed by atoms with Gasteiger partial charge in [0.05, 0.1) is 5.38 Å². The van der Waals surface area contributed by atoms with Crippen molar-refractivity contribution in [3.63, 3.8) is 0 Å². The summed E-state index contributed by atoms with van der Waals surface area (Å²) < 4.78 is 0. The SMILES string of the molecule is CNC(Cl)C(Cl)C=NCCl. The highest BCUT2D eigenvalue weighted by Crippen LogP contribution is 2.03. The summed E-state index contributed by atoms with van der Waals surface area (Å²) in [6, 6.07) is 0.219. The lowest BCUT2D eigenvalue weighted by molar-refractivity contribution is 0.766. The first-order valence-electron chi connectivity index (χ1n) is 2.73. The molecule has 0 spiro atoms. The van der Waals surface area contributed by atoms with Crippen LogP contribution in [0, 0.1) is 0 Å². The first-order chi connectivity index (χ1) is 4.72. The molecule has 0 radical (unpaired) electrons. The molecule has 0 saturated carbocycles. The zero-order valence-electron chi connectivity index (χ0n) is 5.52. The maximum absolute atomic E-state index is 5.71. The Kier molecular flexibility index (Phi) is 6.54. The van der Waals surface area contributed by atoms with Crippen molar-refractivity contribution in [2.75, 3.05) is 13.1 Å². The van der Waals surface area contributed by atoms with Gasteiger partial charge in [0.25, 0.3) is 0 Å². The van der Waals surface area contributed by atoms with E-state index in [9.17, 15) is 0 Å². The average molecular weight is 204 g/mol. The highest BCUT2D eigenvalue weighted by Gasteiger charge is 2.10. The van der Waals surface area contributed by atoms with Crippen molar-refractivity contribution in [3.8, 4) is 0 Å². The Morgan fingerprint density at radius 3 is 2.60 bits per heavy atom. The molecule has 60 valence electrons. The second-order valence-corrected chi connectivity index (χ2v) is 2.80. The lowest BCUT2D eigenvalue weighted by atomic mass is 10.4. The molecule has 0 aromatic heterocycles. The zero-order chi connectivity index (χ0) is 7.98. The van der Waals surface area contributed by atoms with E-state index < -0.39 is 0 Å². The monoisotopic (exact) mass is 202 g/mol. The number of nitrogens with one attached hydrogen (secondary N) is 1. The van der Waals surface area contributed by atoms with Crippen LogP contribution in [-0.4, -0.2) is 30.1 Å². The highest BCUT2D eigenvalue weighted by molar-refractivity contribution is 6.35. The molecule has 1 N–H and O–H groups in total. The van der Waals surface area contributed by atoms with Crippen LogP contribution in [0.4, 0.5) is 0 Å². The average Bonchev–Trinajstić information content (AvgIpc) is 1.98. The van der Waals surface area contributed by atoms with Crippen molar-refractivity contribution < 1.29 is 0 Å². The van der Waals surface area contributed by atoms with Gasteiger partial charge >= 0.3 is 0 Å². The van der Waals surface area contributed by atoms with Crippen molar-refractivity contribution in [1.82, 2.24) is 5.32 Å². The van der Waals surface area contributed by atoms with Crippen molar-refractivity contribution >= 4 is 41.0 Å². The highest BCUT2D eigenvalue weighted by atomic mass is 35.5. The van der Waals surface area contributed by atoms with Crippen LogP contribution in [0.5, 0.6) is 0 Å². The summed E-state index contributed by atoms with van der Waals surface area (Å²) in [6.45, 7) is 0. The van der Waals surface area contributed by atoms with Crippen LogP contribution >= 0.6 is 34.8 Å². The Bertz CT molecular complexity index is 107. The quantitative estimate of drug-likeness (QED) is 0.419. The van der Waals surface area contributed by atoms with Gasteiger partial charge in [0, 0.05) is 6.21 Å². The van der Waals surface area contributed by atoms with Crippen LogP contribution in [-0.2, 0) is 0 Å². The number of nitrogens with zero attached hydrogens (tertiary/aromatic N) is 1. The molecule has 5 heteroatoms. The Morgan fingerprint density at radius 1 is 1.60 bits per heavy atom. The summed E-state index contributed by atoms with van der Waals surface area (Å²) in [4.78, 5) is 3.72. The topological polar surface area (TPSA) is 24.4 Å². The van der Waals surface area contributed by atoms with E-state index in [1.165, 1.54) is 6.21 Å². The zero-order valence-corrected chi connectivity index (χ0v) is 7.79. The molecule has 0 aliphatic rings. The minimum absolute atomic E-state index is 0.219. The van der Waals surface area contributed by atoms with Gasteiger partial charge in [0.1, 0.15) is 11.5 Å². The Hall–Kier alpha value is 0.500. The van der Waals surface area contributed by atoms with Crippen molar-refractivity contribution in [3.05, 3.63) is 0 Å². The van der Waals surface area contributed by atoms with E-state index >= 15 is 0 Å². The number of rotatable bonds is 4. The maximum Gasteiger partial charge on any atom is 0.113 e. The first kappa shape index (κ1) is 10.5. The predicted molar refractivity (Wildman–Crippen MR) is 47.6 cm³/mol. The van der Waals surface area contributed by atoms with Crippen molar-refractivity contribution in [2.24, 2.45) is 4.99 Å². The third-order valence-electron chi connectivity index (χ3n) is 0.872. The number of halogens is 3. The summed E-state index contributed by atoms with van der Waals surface area (Å²) in [5.41, 5.74) is -0.298. The van der Waals surface area contributed by atoms with Crippen LogP contribution in [0.3, 0.4) is 0 Å². The minimum atomic E-state index is -0.314. The van der Waals surface area contributed by atoms with Gasteiger partial charge in [0.15, 0.2) is 0 Å². The second-order valence-electron chi connectivity index (χ2n) is 1.59. The standard InChI is InChI=1S/C5H9Cl3N2/c1-9-5(8)4(7)2-10-3-6/h2,4-5,9H,3H2,1H3. The third kappa shape index (κ3) is 4.34. The van der Waals surface area contributed by atoms with Crippen LogP contribution in [0.25, 0.3) is 0 Å². The van der Waals surface area contributed by atoms with Gasteiger partial charge in [-0.15, -0.1) is 34.8 Å². The molecule has 0 bridgehead atoms. The van der Waals surface area contributed by atoms with Crippen LogP contribution in [0.2, 0.25) is 0 Å².